The molecule has 2 aromatic rings. The van der Waals surface area contributed by atoms with Crippen molar-refractivity contribution in [2.24, 2.45) is 5.73 Å². The highest BCUT2D eigenvalue weighted by molar-refractivity contribution is 5.94. The van der Waals surface area contributed by atoms with Crippen LogP contribution in [0.2, 0.25) is 0 Å². The van der Waals surface area contributed by atoms with E-state index in [1.54, 1.807) is 18.6 Å². The van der Waals surface area contributed by atoms with E-state index in [0.29, 0.717) is 12.1 Å². The Bertz CT molecular complexity index is 659. The Hall–Kier alpha value is -2.47. The second-order valence-electron chi connectivity index (χ2n) is 6.06. The fraction of sp³-hybridized carbons (Fsp3) is 0.389. The molecule has 0 bridgehead atoms. The van der Waals surface area contributed by atoms with Crippen molar-refractivity contribution in [2.75, 3.05) is 24.5 Å². The number of rotatable bonds is 5. The lowest BCUT2D eigenvalue weighted by Gasteiger charge is -2.33. The minimum Gasteiger partial charge on any atom is -0.353 e. The molecule has 1 aromatic carbocycles. The second-order valence-corrected chi connectivity index (χ2v) is 6.06. The van der Waals surface area contributed by atoms with Crippen molar-refractivity contribution >= 4 is 11.7 Å². The molecule has 3 N–H and O–H groups in total. The topological polar surface area (TPSA) is 84.1 Å². The SMILES string of the molecule is NCCc1ccc(C(=O)N[C@H]2CCCN(c3cnccn3)C2)cc1. The molecule has 1 saturated heterocycles. The average Bonchev–Trinajstić information content (AvgIpc) is 2.63. The van der Waals surface area contributed by atoms with Gasteiger partial charge in [0.1, 0.15) is 5.82 Å². The number of nitrogens with zero attached hydrogens (tertiary/aromatic N) is 3. The number of carbonyl (C=O) groups excluding carboxylic acids is 1. The molecular formula is C18H23N5O. The first kappa shape index (κ1) is 16.4. The maximum absolute atomic E-state index is 12.4. The van der Waals surface area contributed by atoms with Gasteiger partial charge in [-0.25, -0.2) is 4.98 Å². The number of nitrogens with one attached hydrogen (secondary N) is 1. The Balaban J connectivity index is 1.59. The number of hydrogen-bond donors (Lipinski definition) is 2. The number of benzene rings is 1. The first-order valence-corrected chi connectivity index (χ1v) is 8.37. The Morgan fingerprint density at radius 1 is 1.29 bits per heavy atom. The average molecular weight is 325 g/mol. The predicted molar refractivity (Wildman–Crippen MR) is 93.9 cm³/mol. The van der Waals surface area contributed by atoms with Crippen LogP contribution in [0.3, 0.4) is 0 Å². The first-order chi connectivity index (χ1) is 11.8. The molecule has 1 fully saturated rings. The van der Waals surface area contributed by atoms with Gasteiger partial charge in [0.2, 0.25) is 0 Å². The highest BCUT2D eigenvalue weighted by atomic mass is 16.1. The van der Waals surface area contributed by atoms with Crippen LogP contribution in [0.4, 0.5) is 5.82 Å². The highest BCUT2D eigenvalue weighted by Crippen LogP contribution is 2.17. The van der Waals surface area contributed by atoms with Crippen molar-refractivity contribution in [1.29, 1.82) is 0 Å². The van der Waals surface area contributed by atoms with Crippen molar-refractivity contribution in [2.45, 2.75) is 25.3 Å². The molecule has 0 saturated carbocycles. The summed E-state index contributed by atoms with van der Waals surface area (Å²) in [6.45, 7) is 2.32. The number of piperidine rings is 1. The summed E-state index contributed by atoms with van der Waals surface area (Å²) in [7, 11) is 0. The monoisotopic (exact) mass is 325 g/mol. The largest absolute Gasteiger partial charge is 0.353 e. The van der Waals surface area contributed by atoms with Crippen molar-refractivity contribution in [3.8, 4) is 0 Å². The molecule has 24 heavy (non-hydrogen) atoms. The number of hydrogen-bond acceptors (Lipinski definition) is 5. The first-order valence-electron chi connectivity index (χ1n) is 8.37. The van der Waals surface area contributed by atoms with Crippen LogP contribution >= 0.6 is 0 Å². The summed E-state index contributed by atoms with van der Waals surface area (Å²) in [5.74, 6) is 0.836. The second kappa shape index (κ2) is 7.88. The Kier molecular flexibility index (Phi) is 5.38. The van der Waals surface area contributed by atoms with Crippen LogP contribution in [0.25, 0.3) is 0 Å². The standard InChI is InChI=1S/C18H23N5O/c19-8-7-14-3-5-15(6-4-14)18(24)22-16-2-1-11-23(13-16)17-12-20-9-10-21-17/h3-6,9-10,12,16H,1-2,7-8,11,13,19H2,(H,22,24)/t16-/m0/s1. The highest BCUT2D eigenvalue weighted by Gasteiger charge is 2.22. The molecule has 1 atom stereocenters. The van der Waals surface area contributed by atoms with E-state index in [2.05, 4.69) is 20.2 Å². The van der Waals surface area contributed by atoms with Gasteiger partial charge in [-0.05, 0) is 43.5 Å². The summed E-state index contributed by atoms with van der Waals surface area (Å²) < 4.78 is 0. The summed E-state index contributed by atoms with van der Waals surface area (Å²) in [6, 6.07) is 7.79. The van der Waals surface area contributed by atoms with E-state index in [-0.39, 0.29) is 11.9 Å². The quantitative estimate of drug-likeness (QED) is 0.867. The van der Waals surface area contributed by atoms with Crippen molar-refractivity contribution in [3.05, 3.63) is 54.0 Å². The summed E-state index contributed by atoms with van der Waals surface area (Å²) >= 11 is 0. The molecular weight excluding hydrogens is 302 g/mol. The molecule has 6 heteroatoms. The maximum Gasteiger partial charge on any atom is 0.251 e. The minimum absolute atomic E-state index is 0.0275. The molecule has 126 valence electrons. The lowest BCUT2D eigenvalue weighted by atomic mass is 10.0. The zero-order valence-corrected chi connectivity index (χ0v) is 13.7. The number of carbonyl (C=O) groups is 1. The van der Waals surface area contributed by atoms with E-state index in [4.69, 9.17) is 5.73 Å². The molecule has 0 aliphatic carbocycles. The van der Waals surface area contributed by atoms with Gasteiger partial charge in [0.05, 0.1) is 6.20 Å². The van der Waals surface area contributed by atoms with Crippen LogP contribution in [-0.4, -0.2) is 41.6 Å². The Morgan fingerprint density at radius 2 is 2.12 bits per heavy atom. The van der Waals surface area contributed by atoms with E-state index in [0.717, 1.165) is 43.7 Å². The lowest BCUT2D eigenvalue weighted by Crippen LogP contribution is -2.48. The predicted octanol–water partition coefficient (Wildman–Crippen LogP) is 1.38. The molecule has 0 radical (unpaired) electrons. The number of aromatic nitrogens is 2. The summed E-state index contributed by atoms with van der Waals surface area (Å²) in [5, 5.41) is 3.13. The third-order valence-electron chi connectivity index (χ3n) is 4.28. The molecule has 1 aromatic heterocycles. The summed E-state index contributed by atoms with van der Waals surface area (Å²) in [5.41, 5.74) is 7.39. The zero-order valence-electron chi connectivity index (χ0n) is 13.7. The number of anilines is 1. The molecule has 6 nitrogen and oxygen atoms in total. The van der Waals surface area contributed by atoms with Crippen LogP contribution in [0.15, 0.2) is 42.9 Å². The van der Waals surface area contributed by atoms with Gasteiger partial charge in [-0.2, -0.15) is 0 Å². The summed E-state index contributed by atoms with van der Waals surface area (Å²) in [6.07, 6.45) is 7.96. The van der Waals surface area contributed by atoms with Crippen molar-refractivity contribution in [3.63, 3.8) is 0 Å². The number of nitrogens with two attached hydrogens (primary N) is 1. The molecule has 3 rings (SSSR count). The van der Waals surface area contributed by atoms with Gasteiger partial charge in [-0.1, -0.05) is 12.1 Å². The molecule has 0 spiro atoms. The fourth-order valence-electron chi connectivity index (χ4n) is 3.02. The number of amides is 1. The smallest absolute Gasteiger partial charge is 0.251 e. The van der Waals surface area contributed by atoms with E-state index >= 15 is 0 Å². The van der Waals surface area contributed by atoms with Crippen LogP contribution in [-0.2, 0) is 6.42 Å². The maximum atomic E-state index is 12.4. The van der Waals surface area contributed by atoms with E-state index < -0.39 is 0 Å². The van der Waals surface area contributed by atoms with E-state index in [9.17, 15) is 4.79 Å². The van der Waals surface area contributed by atoms with Gasteiger partial charge in [0, 0.05) is 37.1 Å². The van der Waals surface area contributed by atoms with E-state index in [1.807, 2.05) is 24.3 Å². The van der Waals surface area contributed by atoms with Gasteiger partial charge in [-0.3, -0.25) is 9.78 Å². The molecule has 0 unspecified atom stereocenters. The Labute approximate surface area is 142 Å². The van der Waals surface area contributed by atoms with Gasteiger partial charge >= 0.3 is 0 Å². The fourth-order valence-corrected chi connectivity index (χ4v) is 3.02. The van der Waals surface area contributed by atoms with Crippen LogP contribution < -0.4 is 16.0 Å². The van der Waals surface area contributed by atoms with Crippen molar-refractivity contribution < 1.29 is 4.79 Å². The van der Waals surface area contributed by atoms with Crippen LogP contribution in [0.5, 0.6) is 0 Å². The molecule has 1 aliphatic rings. The van der Waals surface area contributed by atoms with Crippen LogP contribution in [0.1, 0.15) is 28.8 Å². The minimum atomic E-state index is -0.0275. The third kappa shape index (κ3) is 4.08. The van der Waals surface area contributed by atoms with Gasteiger partial charge in [0.15, 0.2) is 0 Å². The van der Waals surface area contributed by atoms with E-state index in [1.165, 1.54) is 0 Å². The van der Waals surface area contributed by atoms with Gasteiger partial charge in [-0.15, -0.1) is 0 Å². The zero-order chi connectivity index (χ0) is 16.8. The molecule has 2 heterocycles. The van der Waals surface area contributed by atoms with Crippen molar-refractivity contribution in [1.82, 2.24) is 15.3 Å². The van der Waals surface area contributed by atoms with Gasteiger partial charge < -0.3 is 16.0 Å². The third-order valence-corrected chi connectivity index (χ3v) is 4.28. The molecule has 1 aliphatic heterocycles. The Morgan fingerprint density at radius 3 is 2.83 bits per heavy atom. The molecule has 1 amide bonds. The normalized spacial score (nSPS) is 17.5. The van der Waals surface area contributed by atoms with Gasteiger partial charge in [0.25, 0.3) is 5.91 Å². The van der Waals surface area contributed by atoms with Crippen LogP contribution in [0, 0.1) is 0 Å². The summed E-state index contributed by atoms with van der Waals surface area (Å²) in [4.78, 5) is 23.1. The lowest BCUT2D eigenvalue weighted by molar-refractivity contribution is 0.0933.